The van der Waals surface area contributed by atoms with E-state index in [1.165, 1.54) is 4.31 Å². The second kappa shape index (κ2) is 11.1. The first-order chi connectivity index (χ1) is 15.7. The van der Waals surface area contributed by atoms with Crippen molar-refractivity contribution in [1.82, 2.24) is 24.5 Å². The average Bonchev–Trinajstić information content (AvgIpc) is 3.17. The summed E-state index contributed by atoms with van der Waals surface area (Å²) in [6, 6.07) is 5.00. The van der Waals surface area contributed by atoms with Gasteiger partial charge in [0.1, 0.15) is 5.82 Å². The maximum atomic E-state index is 13.0. The Labute approximate surface area is 194 Å². The molecule has 1 fully saturated rings. The summed E-state index contributed by atoms with van der Waals surface area (Å²) in [5, 5.41) is 5.56. The minimum atomic E-state index is -3.60. The second-order valence-corrected chi connectivity index (χ2v) is 10.2. The van der Waals surface area contributed by atoms with Gasteiger partial charge in [-0.05, 0) is 25.1 Å². The molecular weight excluding hydrogens is 446 g/mol. The van der Waals surface area contributed by atoms with Crippen molar-refractivity contribution in [3.05, 3.63) is 24.0 Å². The van der Waals surface area contributed by atoms with Gasteiger partial charge in [-0.1, -0.05) is 13.8 Å². The topological polar surface area (TPSA) is 123 Å². The lowest BCUT2D eigenvalue weighted by molar-refractivity contribution is -0.124. The zero-order valence-electron chi connectivity index (χ0n) is 19.5. The first kappa shape index (κ1) is 25.1. The Morgan fingerprint density at radius 1 is 1.15 bits per heavy atom. The van der Waals surface area contributed by atoms with E-state index in [4.69, 9.17) is 4.74 Å². The quantitative estimate of drug-likeness (QED) is 0.488. The minimum Gasteiger partial charge on any atom is -0.379 e. The zero-order valence-corrected chi connectivity index (χ0v) is 20.3. The van der Waals surface area contributed by atoms with Crippen LogP contribution >= 0.6 is 0 Å². The molecule has 0 saturated carbocycles. The molecule has 2 N–H and O–H groups in total. The highest BCUT2D eigenvalue weighted by Crippen LogP contribution is 2.24. The van der Waals surface area contributed by atoms with Gasteiger partial charge < -0.3 is 19.9 Å². The summed E-state index contributed by atoms with van der Waals surface area (Å²) in [6.45, 7) is 8.48. The summed E-state index contributed by atoms with van der Waals surface area (Å²) in [6.07, 6.45) is 0.679. The number of hydrogen-bond acceptors (Lipinski definition) is 6. The Kier molecular flexibility index (Phi) is 8.44. The highest BCUT2D eigenvalue weighted by atomic mass is 32.2. The Balaban J connectivity index is 1.65. The average molecular weight is 480 g/mol. The van der Waals surface area contributed by atoms with Gasteiger partial charge in [-0.3, -0.25) is 9.59 Å². The lowest BCUT2D eigenvalue weighted by Crippen LogP contribution is -2.40. The summed E-state index contributed by atoms with van der Waals surface area (Å²) in [5.41, 5.74) is 1.43. The van der Waals surface area contributed by atoms with Gasteiger partial charge in [-0.25, -0.2) is 13.4 Å². The highest BCUT2D eigenvalue weighted by molar-refractivity contribution is 7.89. The molecular formula is C22H33N5O5S. The molecule has 0 aliphatic carbocycles. The van der Waals surface area contributed by atoms with Crippen LogP contribution in [0.1, 0.15) is 33.0 Å². The molecule has 1 aromatic heterocycles. The molecule has 0 bridgehead atoms. The number of ether oxygens (including phenoxy) is 1. The Bertz CT molecular complexity index is 1090. The number of aryl methyl sites for hydroxylation is 2. The van der Waals surface area contributed by atoms with Gasteiger partial charge in [0, 0.05) is 51.5 Å². The normalized spacial score (nSPS) is 15.2. The summed E-state index contributed by atoms with van der Waals surface area (Å²) in [5.74, 6) is 0.471. The number of nitrogens with one attached hydrogen (secondary N) is 2. The van der Waals surface area contributed by atoms with Crippen LogP contribution in [0.5, 0.6) is 0 Å². The van der Waals surface area contributed by atoms with Gasteiger partial charge in [0.15, 0.2) is 0 Å². The van der Waals surface area contributed by atoms with E-state index in [1.807, 2.05) is 25.3 Å². The molecule has 0 radical (unpaired) electrons. The molecule has 33 heavy (non-hydrogen) atoms. The van der Waals surface area contributed by atoms with Crippen LogP contribution in [0.2, 0.25) is 0 Å². The molecule has 10 nitrogen and oxygen atoms in total. The van der Waals surface area contributed by atoms with Crippen molar-refractivity contribution in [2.75, 3.05) is 39.4 Å². The third-order valence-electron chi connectivity index (χ3n) is 5.57. The number of hydrogen-bond donors (Lipinski definition) is 2. The van der Waals surface area contributed by atoms with Crippen molar-refractivity contribution < 1.29 is 22.7 Å². The van der Waals surface area contributed by atoms with Crippen molar-refractivity contribution in [3.8, 4) is 0 Å². The number of amides is 2. The first-order valence-corrected chi connectivity index (χ1v) is 12.8. The predicted octanol–water partition coefficient (Wildman–Crippen LogP) is 0.898. The molecule has 1 aliphatic heterocycles. The molecule has 11 heteroatoms. The number of fused-ring (bicyclic) bond motifs is 1. The van der Waals surface area contributed by atoms with Gasteiger partial charge in [0.05, 0.1) is 29.1 Å². The molecule has 182 valence electrons. The number of carbonyl (C=O) groups excluding carboxylic acids is 2. The van der Waals surface area contributed by atoms with E-state index in [1.54, 1.807) is 18.2 Å². The monoisotopic (exact) mass is 479 g/mol. The third kappa shape index (κ3) is 6.10. The largest absolute Gasteiger partial charge is 0.379 e. The van der Waals surface area contributed by atoms with E-state index in [0.717, 1.165) is 11.3 Å². The van der Waals surface area contributed by atoms with Crippen molar-refractivity contribution in [2.45, 2.75) is 45.1 Å². The van der Waals surface area contributed by atoms with E-state index in [9.17, 15) is 18.0 Å². The van der Waals surface area contributed by atoms with E-state index in [0.29, 0.717) is 57.9 Å². The minimum absolute atomic E-state index is 0.0454. The first-order valence-electron chi connectivity index (χ1n) is 11.4. The number of carbonyl (C=O) groups is 2. The van der Waals surface area contributed by atoms with Gasteiger partial charge in [0.2, 0.25) is 21.8 Å². The molecule has 1 aliphatic rings. The number of nitrogens with zero attached hydrogens (tertiary/aromatic N) is 3. The second-order valence-electron chi connectivity index (χ2n) is 8.23. The smallest absolute Gasteiger partial charge is 0.243 e. The van der Waals surface area contributed by atoms with Crippen LogP contribution in [-0.2, 0) is 37.3 Å². The fraction of sp³-hybridized carbons (Fsp3) is 0.591. The van der Waals surface area contributed by atoms with Crippen LogP contribution in [0.15, 0.2) is 23.1 Å². The number of imidazole rings is 1. The van der Waals surface area contributed by atoms with Crippen molar-refractivity contribution in [2.24, 2.45) is 5.92 Å². The van der Waals surface area contributed by atoms with Gasteiger partial charge in [-0.15, -0.1) is 0 Å². The van der Waals surface area contributed by atoms with Crippen molar-refractivity contribution >= 4 is 32.9 Å². The van der Waals surface area contributed by atoms with Crippen LogP contribution < -0.4 is 10.6 Å². The summed E-state index contributed by atoms with van der Waals surface area (Å²) >= 11 is 0. The van der Waals surface area contributed by atoms with Crippen LogP contribution in [0.3, 0.4) is 0 Å². The SMILES string of the molecule is CCn1c(CCC(=O)NCCNC(=O)C(C)C)nc2cc(S(=O)(=O)N3CCOCC3)ccc21. The molecule has 2 heterocycles. The molecule has 3 rings (SSSR count). The summed E-state index contributed by atoms with van der Waals surface area (Å²) < 4.78 is 34.6. The molecule has 1 aromatic carbocycles. The van der Waals surface area contributed by atoms with Crippen LogP contribution in [-0.4, -0.2) is 73.5 Å². The Morgan fingerprint density at radius 3 is 2.52 bits per heavy atom. The van der Waals surface area contributed by atoms with Crippen molar-refractivity contribution in [3.63, 3.8) is 0 Å². The number of morpholine rings is 1. The summed E-state index contributed by atoms with van der Waals surface area (Å²) in [4.78, 5) is 28.6. The number of benzene rings is 1. The van der Waals surface area contributed by atoms with Gasteiger partial charge in [0.25, 0.3) is 0 Å². The fourth-order valence-electron chi connectivity index (χ4n) is 3.71. The fourth-order valence-corrected chi connectivity index (χ4v) is 5.13. The standard InChI is InChI=1S/C22H33N5O5S/c1-4-27-19-6-5-17(33(30,31)26-11-13-32-14-12-26)15-18(19)25-20(27)7-8-21(28)23-9-10-24-22(29)16(2)3/h5-6,15-16H,4,7-14H2,1-3H3,(H,23,28)(H,24,29). The van der Waals surface area contributed by atoms with E-state index < -0.39 is 10.0 Å². The van der Waals surface area contributed by atoms with E-state index in [-0.39, 0.29) is 29.0 Å². The van der Waals surface area contributed by atoms with E-state index >= 15 is 0 Å². The van der Waals surface area contributed by atoms with Crippen LogP contribution in [0, 0.1) is 5.92 Å². The maximum Gasteiger partial charge on any atom is 0.243 e. The maximum absolute atomic E-state index is 13.0. The Morgan fingerprint density at radius 2 is 1.85 bits per heavy atom. The van der Waals surface area contributed by atoms with E-state index in [2.05, 4.69) is 15.6 Å². The van der Waals surface area contributed by atoms with Crippen LogP contribution in [0.4, 0.5) is 0 Å². The lowest BCUT2D eigenvalue weighted by atomic mass is 10.2. The van der Waals surface area contributed by atoms with Crippen LogP contribution in [0.25, 0.3) is 11.0 Å². The number of sulfonamides is 1. The molecule has 2 amide bonds. The number of rotatable bonds is 10. The molecule has 0 spiro atoms. The molecule has 1 saturated heterocycles. The highest BCUT2D eigenvalue weighted by Gasteiger charge is 2.27. The van der Waals surface area contributed by atoms with Gasteiger partial charge >= 0.3 is 0 Å². The predicted molar refractivity (Wildman–Crippen MR) is 124 cm³/mol. The molecule has 2 aromatic rings. The zero-order chi connectivity index (χ0) is 24.0. The number of aromatic nitrogens is 2. The summed E-state index contributed by atoms with van der Waals surface area (Å²) in [7, 11) is -3.60. The molecule has 0 unspecified atom stereocenters. The Hall–Kier alpha value is -2.50. The third-order valence-corrected chi connectivity index (χ3v) is 7.46. The lowest BCUT2D eigenvalue weighted by Gasteiger charge is -2.26. The molecule has 0 atom stereocenters. The van der Waals surface area contributed by atoms with Gasteiger partial charge in [-0.2, -0.15) is 4.31 Å². The van der Waals surface area contributed by atoms with Crippen molar-refractivity contribution in [1.29, 1.82) is 0 Å².